The minimum Gasteiger partial charge on any atom is -0.378 e. The van der Waals surface area contributed by atoms with Crippen LogP contribution in [-0.4, -0.2) is 53.2 Å². The van der Waals surface area contributed by atoms with Gasteiger partial charge in [0.15, 0.2) is 0 Å². The van der Waals surface area contributed by atoms with E-state index in [0.29, 0.717) is 32.8 Å². The SMILES string of the molecule is O=C(N1CCOCC1)N1CCn2c(cc3ccccc32)C1. The molecule has 0 saturated carbocycles. The van der Waals surface area contributed by atoms with Crippen LogP contribution in [0.25, 0.3) is 10.9 Å². The highest BCUT2D eigenvalue weighted by molar-refractivity contribution is 5.82. The van der Waals surface area contributed by atoms with Crippen LogP contribution in [0.3, 0.4) is 0 Å². The average molecular weight is 285 g/mol. The third-order valence-corrected chi connectivity index (χ3v) is 4.39. The van der Waals surface area contributed by atoms with Crippen LogP contribution in [0.15, 0.2) is 30.3 Å². The normalized spacial score (nSPS) is 18.9. The summed E-state index contributed by atoms with van der Waals surface area (Å²) in [5.41, 5.74) is 2.50. The van der Waals surface area contributed by atoms with Crippen LogP contribution >= 0.6 is 0 Å². The topological polar surface area (TPSA) is 37.7 Å². The molecule has 0 unspecified atom stereocenters. The van der Waals surface area contributed by atoms with Gasteiger partial charge in [0.1, 0.15) is 0 Å². The highest BCUT2D eigenvalue weighted by atomic mass is 16.5. The number of hydrogen-bond acceptors (Lipinski definition) is 2. The lowest BCUT2D eigenvalue weighted by Crippen LogP contribution is -2.50. The minimum absolute atomic E-state index is 0.148. The number of rotatable bonds is 0. The van der Waals surface area contributed by atoms with Gasteiger partial charge in [0.05, 0.1) is 19.8 Å². The van der Waals surface area contributed by atoms with Crippen molar-refractivity contribution < 1.29 is 9.53 Å². The number of urea groups is 1. The molecule has 1 saturated heterocycles. The van der Waals surface area contributed by atoms with Crippen molar-refractivity contribution in [3.63, 3.8) is 0 Å². The molecular formula is C16H19N3O2. The summed E-state index contributed by atoms with van der Waals surface area (Å²) in [6.45, 7) is 5.07. The van der Waals surface area contributed by atoms with Gasteiger partial charge in [-0.1, -0.05) is 18.2 Å². The number of fused-ring (bicyclic) bond motifs is 3. The molecule has 0 radical (unpaired) electrons. The van der Waals surface area contributed by atoms with E-state index in [-0.39, 0.29) is 6.03 Å². The van der Waals surface area contributed by atoms with E-state index in [1.54, 1.807) is 0 Å². The highest BCUT2D eigenvalue weighted by Crippen LogP contribution is 2.24. The first kappa shape index (κ1) is 12.7. The number of carbonyl (C=O) groups excluding carboxylic acids is 1. The van der Waals surface area contributed by atoms with Crippen molar-refractivity contribution in [3.05, 3.63) is 36.0 Å². The zero-order valence-corrected chi connectivity index (χ0v) is 12.0. The third-order valence-electron chi connectivity index (χ3n) is 4.39. The summed E-state index contributed by atoms with van der Waals surface area (Å²) in [5.74, 6) is 0. The molecule has 2 aromatic rings. The number of amides is 2. The Hall–Kier alpha value is -2.01. The van der Waals surface area contributed by atoms with Crippen molar-refractivity contribution in [3.8, 4) is 0 Å². The van der Waals surface area contributed by atoms with Gasteiger partial charge < -0.3 is 19.1 Å². The second kappa shape index (κ2) is 5.07. The summed E-state index contributed by atoms with van der Waals surface area (Å²) in [6.07, 6.45) is 0. The minimum atomic E-state index is 0.148. The van der Waals surface area contributed by atoms with Crippen molar-refractivity contribution in [2.24, 2.45) is 0 Å². The Morgan fingerprint density at radius 2 is 1.81 bits per heavy atom. The molecule has 4 rings (SSSR count). The van der Waals surface area contributed by atoms with Crippen LogP contribution in [0.5, 0.6) is 0 Å². The maximum Gasteiger partial charge on any atom is 0.320 e. The molecule has 1 aromatic heterocycles. The van der Waals surface area contributed by atoms with E-state index in [1.807, 2.05) is 9.80 Å². The van der Waals surface area contributed by atoms with E-state index < -0.39 is 0 Å². The molecule has 0 aliphatic carbocycles. The van der Waals surface area contributed by atoms with Gasteiger partial charge in [-0.25, -0.2) is 4.79 Å². The van der Waals surface area contributed by atoms with Crippen LogP contribution in [0.4, 0.5) is 4.79 Å². The first-order valence-electron chi connectivity index (χ1n) is 7.52. The molecule has 5 heteroatoms. The summed E-state index contributed by atoms with van der Waals surface area (Å²) in [6, 6.07) is 10.8. The summed E-state index contributed by atoms with van der Waals surface area (Å²) in [5, 5.41) is 1.26. The van der Waals surface area contributed by atoms with E-state index in [4.69, 9.17) is 4.74 Å². The zero-order valence-electron chi connectivity index (χ0n) is 12.0. The fourth-order valence-electron chi connectivity index (χ4n) is 3.28. The zero-order chi connectivity index (χ0) is 14.2. The van der Waals surface area contributed by atoms with Crippen LogP contribution in [0.1, 0.15) is 5.69 Å². The number of aromatic nitrogens is 1. The van der Waals surface area contributed by atoms with Gasteiger partial charge in [0, 0.05) is 37.4 Å². The van der Waals surface area contributed by atoms with Crippen molar-refractivity contribution in [1.29, 1.82) is 0 Å². The van der Waals surface area contributed by atoms with Crippen molar-refractivity contribution in [2.45, 2.75) is 13.1 Å². The lowest BCUT2D eigenvalue weighted by atomic mass is 10.2. The quantitative estimate of drug-likeness (QED) is 0.741. The third kappa shape index (κ3) is 2.17. The first-order chi connectivity index (χ1) is 10.3. The molecule has 3 heterocycles. The number of morpholine rings is 1. The lowest BCUT2D eigenvalue weighted by Gasteiger charge is -2.35. The number of para-hydroxylation sites is 1. The summed E-state index contributed by atoms with van der Waals surface area (Å²) >= 11 is 0. The summed E-state index contributed by atoms with van der Waals surface area (Å²) in [4.78, 5) is 16.4. The smallest absolute Gasteiger partial charge is 0.320 e. The second-order valence-electron chi connectivity index (χ2n) is 5.65. The Bertz CT molecular complexity index is 673. The number of ether oxygens (including phenoxy) is 1. The largest absolute Gasteiger partial charge is 0.378 e. The number of benzene rings is 1. The van der Waals surface area contributed by atoms with E-state index in [0.717, 1.165) is 13.1 Å². The molecule has 2 aliphatic heterocycles. The fraction of sp³-hybridized carbons (Fsp3) is 0.438. The predicted octanol–water partition coefficient (Wildman–Crippen LogP) is 1.91. The van der Waals surface area contributed by atoms with Gasteiger partial charge in [-0.05, 0) is 17.5 Å². The number of carbonyl (C=O) groups is 1. The average Bonchev–Trinajstić information content (AvgIpc) is 2.92. The molecule has 2 amide bonds. The second-order valence-corrected chi connectivity index (χ2v) is 5.65. The van der Waals surface area contributed by atoms with Crippen LogP contribution in [-0.2, 0) is 17.8 Å². The van der Waals surface area contributed by atoms with Gasteiger partial charge in [0.25, 0.3) is 0 Å². The maximum atomic E-state index is 12.6. The van der Waals surface area contributed by atoms with Crippen molar-refractivity contribution >= 4 is 16.9 Å². The Kier molecular flexibility index (Phi) is 3.07. The molecule has 21 heavy (non-hydrogen) atoms. The molecule has 0 atom stereocenters. The Balaban J connectivity index is 1.57. The molecule has 110 valence electrons. The predicted molar refractivity (Wildman–Crippen MR) is 80.1 cm³/mol. The van der Waals surface area contributed by atoms with E-state index in [1.165, 1.54) is 16.6 Å². The first-order valence-corrected chi connectivity index (χ1v) is 7.52. The van der Waals surface area contributed by atoms with Gasteiger partial charge in [-0.15, -0.1) is 0 Å². The van der Waals surface area contributed by atoms with Gasteiger partial charge >= 0.3 is 6.03 Å². The van der Waals surface area contributed by atoms with Crippen molar-refractivity contribution in [1.82, 2.24) is 14.4 Å². The van der Waals surface area contributed by atoms with Crippen LogP contribution in [0.2, 0.25) is 0 Å². The molecule has 0 spiro atoms. The summed E-state index contributed by atoms with van der Waals surface area (Å²) in [7, 11) is 0. The molecular weight excluding hydrogens is 266 g/mol. The molecule has 0 bridgehead atoms. The van der Waals surface area contributed by atoms with Crippen LogP contribution < -0.4 is 0 Å². The van der Waals surface area contributed by atoms with Gasteiger partial charge in [-0.3, -0.25) is 0 Å². The molecule has 0 N–H and O–H groups in total. The van der Waals surface area contributed by atoms with Crippen LogP contribution in [0, 0.1) is 0 Å². The van der Waals surface area contributed by atoms with Gasteiger partial charge in [0.2, 0.25) is 0 Å². The molecule has 1 fully saturated rings. The van der Waals surface area contributed by atoms with E-state index in [2.05, 4.69) is 34.9 Å². The molecule has 5 nitrogen and oxygen atoms in total. The maximum absolute atomic E-state index is 12.6. The Morgan fingerprint density at radius 3 is 2.67 bits per heavy atom. The number of nitrogens with zero attached hydrogens (tertiary/aromatic N) is 3. The van der Waals surface area contributed by atoms with E-state index in [9.17, 15) is 4.79 Å². The van der Waals surface area contributed by atoms with Crippen molar-refractivity contribution in [2.75, 3.05) is 32.8 Å². The Labute approximate surface area is 123 Å². The highest BCUT2D eigenvalue weighted by Gasteiger charge is 2.26. The molecule has 1 aromatic carbocycles. The van der Waals surface area contributed by atoms with Gasteiger partial charge in [-0.2, -0.15) is 0 Å². The van der Waals surface area contributed by atoms with E-state index >= 15 is 0 Å². The molecule has 2 aliphatic rings. The lowest BCUT2D eigenvalue weighted by molar-refractivity contribution is 0.0410. The monoisotopic (exact) mass is 285 g/mol. The fourth-order valence-corrected chi connectivity index (χ4v) is 3.28. The standard InChI is InChI=1S/C16H19N3O2/c20-16(17-7-9-21-10-8-17)18-5-6-19-14(12-18)11-13-3-1-2-4-15(13)19/h1-4,11H,5-10,12H2. The number of hydrogen-bond donors (Lipinski definition) is 0. The summed E-state index contributed by atoms with van der Waals surface area (Å²) < 4.78 is 7.65. The Morgan fingerprint density at radius 1 is 1.00 bits per heavy atom.